The predicted molar refractivity (Wildman–Crippen MR) is 188 cm³/mol. The summed E-state index contributed by atoms with van der Waals surface area (Å²) in [5.74, 6) is 1.69. The number of carbonyl (C=O) groups is 1. The van der Waals surface area contributed by atoms with Gasteiger partial charge in [-0.05, 0) is 68.1 Å². The third-order valence-electron chi connectivity index (χ3n) is 7.79. The minimum atomic E-state index is -3.61. The molecule has 1 saturated heterocycles. The van der Waals surface area contributed by atoms with Gasteiger partial charge in [0.1, 0.15) is 5.75 Å². The van der Waals surface area contributed by atoms with E-state index >= 15 is 0 Å². The summed E-state index contributed by atoms with van der Waals surface area (Å²) in [5.41, 5.74) is 2.34. The molecule has 1 aromatic heterocycles. The zero-order chi connectivity index (χ0) is 33.8. The Labute approximate surface area is 276 Å². The Bertz CT molecular complexity index is 1870. The van der Waals surface area contributed by atoms with E-state index in [1.807, 2.05) is 52.0 Å². The molecule has 1 aliphatic heterocycles. The van der Waals surface area contributed by atoms with Crippen LogP contribution in [0.4, 0.5) is 27.8 Å². The number of sulfonamides is 1. The molecule has 0 unspecified atom stereocenters. The average Bonchev–Trinajstić information content (AvgIpc) is 3.50. The molecule has 0 spiro atoms. The second-order valence-corrected chi connectivity index (χ2v) is 14.5. The summed E-state index contributed by atoms with van der Waals surface area (Å²) in [6.45, 7) is 11.8. The molecule has 2 amide bonds. The molecule has 0 aliphatic carbocycles. The van der Waals surface area contributed by atoms with Crippen molar-refractivity contribution in [2.24, 2.45) is 0 Å². The van der Waals surface area contributed by atoms with E-state index in [0.717, 1.165) is 54.5 Å². The molecule has 0 bridgehead atoms. The van der Waals surface area contributed by atoms with Crippen molar-refractivity contribution in [1.29, 1.82) is 0 Å². The van der Waals surface area contributed by atoms with Gasteiger partial charge in [-0.1, -0.05) is 45.0 Å². The Kier molecular flexibility index (Phi) is 10.1. The summed E-state index contributed by atoms with van der Waals surface area (Å²) in [6.07, 6.45) is 3.56. The van der Waals surface area contributed by atoms with Crippen molar-refractivity contribution in [3.05, 3.63) is 65.9 Å². The van der Waals surface area contributed by atoms with Crippen LogP contribution in [0.25, 0.3) is 10.8 Å². The first kappa shape index (κ1) is 33.7. The summed E-state index contributed by atoms with van der Waals surface area (Å²) in [4.78, 5) is 24.9. The largest absolute Gasteiger partial charge is 0.492 e. The number of carbonyl (C=O) groups excluding carboxylic acids is 1. The van der Waals surface area contributed by atoms with Gasteiger partial charge in [0.25, 0.3) is 0 Å². The molecule has 0 atom stereocenters. The molecular formula is C34H43N7O5S. The van der Waals surface area contributed by atoms with Gasteiger partial charge in [0.15, 0.2) is 5.75 Å². The number of hydrogen-bond donors (Lipinski definition) is 4. The van der Waals surface area contributed by atoms with Crippen molar-refractivity contribution in [2.45, 2.75) is 46.0 Å². The zero-order valence-electron chi connectivity index (χ0n) is 27.7. The van der Waals surface area contributed by atoms with Crippen molar-refractivity contribution in [3.8, 4) is 17.4 Å². The number of aromatic nitrogens is 2. The fourth-order valence-corrected chi connectivity index (χ4v) is 6.06. The van der Waals surface area contributed by atoms with Crippen molar-refractivity contribution < 1.29 is 22.7 Å². The number of fused-ring (bicyclic) bond motifs is 1. The average molecular weight is 662 g/mol. The van der Waals surface area contributed by atoms with Gasteiger partial charge < -0.3 is 30.3 Å². The number of ether oxygens (including phenoxy) is 2. The highest BCUT2D eigenvalue weighted by molar-refractivity contribution is 7.92. The first-order chi connectivity index (χ1) is 22.3. The summed E-state index contributed by atoms with van der Waals surface area (Å²) in [5, 5.41) is 10.6. The molecule has 5 rings (SSSR count). The lowest BCUT2D eigenvalue weighted by atomic mass is 9.86. The number of amides is 2. The third-order valence-corrected chi connectivity index (χ3v) is 8.38. The second-order valence-electron chi connectivity index (χ2n) is 12.7. The first-order valence-corrected chi connectivity index (χ1v) is 17.5. The van der Waals surface area contributed by atoms with Gasteiger partial charge >= 0.3 is 6.03 Å². The Hall–Kier alpha value is -4.62. The summed E-state index contributed by atoms with van der Waals surface area (Å²) >= 11 is 0. The standard InChI is InChI=1S/C34H43N7O5S/c1-22-19-30(39-32(36-22)35-15-18-41-16-9-10-17-41)46-29-14-13-26(24-11-7-8-12-25(24)29)37-33(42)38-27-20-23(34(2,3)4)21-28(31(27)45-5)40-47(6,43)44/h7-8,11-14,19-21,40H,9-10,15-18H2,1-6H3,(H,35,36,39)(H2,37,38,42). The van der Waals surface area contributed by atoms with Crippen molar-refractivity contribution in [1.82, 2.24) is 14.9 Å². The first-order valence-electron chi connectivity index (χ1n) is 15.6. The maximum Gasteiger partial charge on any atom is 0.323 e. The summed E-state index contributed by atoms with van der Waals surface area (Å²) < 4.78 is 38.5. The van der Waals surface area contributed by atoms with Gasteiger partial charge in [0.2, 0.25) is 21.9 Å². The molecule has 13 heteroatoms. The van der Waals surface area contributed by atoms with Crippen molar-refractivity contribution in [3.63, 3.8) is 0 Å². The van der Waals surface area contributed by atoms with Crippen LogP contribution in [0.2, 0.25) is 0 Å². The van der Waals surface area contributed by atoms with Gasteiger partial charge in [-0.25, -0.2) is 18.2 Å². The Morgan fingerprint density at radius 2 is 1.62 bits per heavy atom. The molecule has 1 fully saturated rings. The van der Waals surface area contributed by atoms with E-state index in [9.17, 15) is 13.2 Å². The lowest BCUT2D eigenvalue weighted by Crippen LogP contribution is -2.26. The van der Waals surface area contributed by atoms with Crippen LogP contribution >= 0.6 is 0 Å². The summed E-state index contributed by atoms with van der Waals surface area (Å²) in [7, 11) is -2.19. The molecule has 250 valence electrons. The minimum absolute atomic E-state index is 0.192. The normalized spacial score (nSPS) is 13.7. The van der Waals surface area contributed by atoms with Gasteiger partial charge in [-0.2, -0.15) is 4.98 Å². The summed E-state index contributed by atoms with van der Waals surface area (Å²) in [6, 6.07) is 15.9. The number of hydrogen-bond acceptors (Lipinski definition) is 9. The number of rotatable bonds is 11. The highest BCUT2D eigenvalue weighted by Gasteiger charge is 2.23. The number of nitrogens with zero attached hydrogens (tertiary/aromatic N) is 3. The van der Waals surface area contributed by atoms with E-state index in [4.69, 9.17) is 9.47 Å². The minimum Gasteiger partial charge on any atom is -0.492 e. The predicted octanol–water partition coefficient (Wildman–Crippen LogP) is 6.56. The Morgan fingerprint density at radius 1 is 0.936 bits per heavy atom. The van der Waals surface area contributed by atoms with Gasteiger partial charge in [0.05, 0.1) is 30.4 Å². The SMILES string of the molecule is COc1c(NC(=O)Nc2ccc(Oc3cc(C)nc(NCCN4CCCC4)n3)c3ccccc23)cc(C(C)(C)C)cc1NS(C)(=O)=O. The number of nitrogens with one attached hydrogen (secondary N) is 4. The number of benzene rings is 3. The van der Waals surface area contributed by atoms with Gasteiger partial charge in [-0.15, -0.1) is 0 Å². The third kappa shape index (κ3) is 8.80. The van der Waals surface area contributed by atoms with E-state index in [-0.39, 0.29) is 16.9 Å². The molecule has 1 aliphatic rings. The van der Waals surface area contributed by atoms with E-state index in [2.05, 4.69) is 35.5 Å². The molecule has 0 saturated carbocycles. The quantitative estimate of drug-likeness (QED) is 0.140. The van der Waals surface area contributed by atoms with Gasteiger partial charge in [-0.3, -0.25) is 4.72 Å². The van der Waals surface area contributed by atoms with Gasteiger partial charge in [0, 0.05) is 35.6 Å². The van der Waals surface area contributed by atoms with E-state index in [1.54, 1.807) is 30.3 Å². The van der Waals surface area contributed by atoms with Crippen molar-refractivity contribution in [2.75, 3.05) is 60.2 Å². The van der Waals surface area contributed by atoms with Crippen LogP contribution < -0.4 is 30.1 Å². The lowest BCUT2D eigenvalue weighted by molar-refractivity contribution is 0.262. The number of likely N-dealkylation sites (tertiary alicyclic amines) is 1. The fourth-order valence-electron chi connectivity index (χ4n) is 5.51. The van der Waals surface area contributed by atoms with Crippen LogP contribution in [0.5, 0.6) is 17.4 Å². The topological polar surface area (TPSA) is 147 Å². The Balaban J connectivity index is 1.36. The number of aryl methyl sites for hydroxylation is 1. The molecule has 2 heterocycles. The lowest BCUT2D eigenvalue weighted by Gasteiger charge is -2.24. The van der Waals surface area contributed by atoms with Crippen LogP contribution in [0.3, 0.4) is 0 Å². The maximum absolute atomic E-state index is 13.4. The molecule has 12 nitrogen and oxygen atoms in total. The highest BCUT2D eigenvalue weighted by Crippen LogP contribution is 2.40. The molecular weight excluding hydrogens is 618 g/mol. The number of anilines is 4. The second kappa shape index (κ2) is 14.0. The molecule has 4 N–H and O–H groups in total. The molecule has 3 aromatic carbocycles. The van der Waals surface area contributed by atoms with Crippen LogP contribution in [0, 0.1) is 6.92 Å². The number of methoxy groups -OCH3 is 1. The monoisotopic (exact) mass is 661 g/mol. The molecule has 0 radical (unpaired) electrons. The van der Waals surface area contributed by atoms with Crippen LogP contribution in [0.15, 0.2) is 54.6 Å². The van der Waals surface area contributed by atoms with Crippen LogP contribution in [-0.2, 0) is 15.4 Å². The molecule has 4 aromatic rings. The Morgan fingerprint density at radius 3 is 2.30 bits per heavy atom. The smallest absolute Gasteiger partial charge is 0.323 e. The van der Waals surface area contributed by atoms with Crippen LogP contribution in [-0.4, -0.2) is 68.9 Å². The maximum atomic E-state index is 13.4. The van der Waals surface area contributed by atoms with E-state index in [1.165, 1.54) is 20.0 Å². The van der Waals surface area contributed by atoms with Crippen LogP contribution in [0.1, 0.15) is 44.9 Å². The van der Waals surface area contributed by atoms with Crippen molar-refractivity contribution >= 4 is 49.8 Å². The van der Waals surface area contributed by atoms with E-state index in [0.29, 0.717) is 29.0 Å². The van der Waals surface area contributed by atoms with E-state index < -0.39 is 16.1 Å². The molecule has 47 heavy (non-hydrogen) atoms. The highest BCUT2D eigenvalue weighted by atomic mass is 32.2. The number of urea groups is 1. The zero-order valence-corrected chi connectivity index (χ0v) is 28.5. The fraction of sp³-hybridized carbons (Fsp3) is 0.382.